The van der Waals surface area contributed by atoms with Gasteiger partial charge < -0.3 is 5.11 Å². The van der Waals surface area contributed by atoms with Gasteiger partial charge in [-0.1, -0.05) is 66.7 Å². The van der Waals surface area contributed by atoms with Crippen LogP contribution in [0.5, 0.6) is 0 Å². The summed E-state index contributed by atoms with van der Waals surface area (Å²) in [7, 11) is 0. The molecule has 3 rings (SSSR count). The molecule has 4 nitrogen and oxygen atoms in total. The van der Waals surface area contributed by atoms with Gasteiger partial charge in [0.2, 0.25) is 0 Å². The fourth-order valence-electron chi connectivity index (χ4n) is 2.34. The third-order valence-electron chi connectivity index (χ3n) is 3.57. The molecule has 0 aromatic heterocycles. The molecule has 0 bridgehead atoms. The highest BCUT2D eigenvalue weighted by Crippen LogP contribution is 2.19. The Labute approximate surface area is 140 Å². The van der Waals surface area contributed by atoms with Crippen molar-refractivity contribution in [1.29, 1.82) is 0 Å². The molecule has 0 fully saturated rings. The van der Waals surface area contributed by atoms with Crippen molar-refractivity contribution >= 4 is 17.9 Å². The minimum Gasteiger partial charge on any atom is -0.478 e. The third kappa shape index (κ3) is 3.67. The predicted octanol–water partition coefficient (Wildman–Crippen LogP) is 4.50. The average Bonchev–Trinajstić information content (AvgIpc) is 2.63. The highest BCUT2D eigenvalue weighted by atomic mass is 16.4. The zero-order valence-electron chi connectivity index (χ0n) is 12.9. The van der Waals surface area contributed by atoms with Crippen molar-refractivity contribution in [2.45, 2.75) is 0 Å². The van der Waals surface area contributed by atoms with Gasteiger partial charge in [0.15, 0.2) is 0 Å². The molecule has 0 atom stereocenters. The first-order valence-electron chi connectivity index (χ1n) is 7.51. The van der Waals surface area contributed by atoms with E-state index in [-0.39, 0.29) is 5.56 Å². The summed E-state index contributed by atoms with van der Waals surface area (Å²) in [5, 5.41) is 13.2. The maximum absolute atomic E-state index is 11.1. The van der Waals surface area contributed by atoms with E-state index in [0.717, 1.165) is 16.7 Å². The zero-order chi connectivity index (χ0) is 16.8. The minimum atomic E-state index is -0.986. The van der Waals surface area contributed by atoms with E-state index in [1.54, 1.807) is 24.4 Å². The first-order valence-corrected chi connectivity index (χ1v) is 7.51. The predicted molar refractivity (Wildman–Crippen MR) is 96.5 cm³/mol. The van der Waals surface area contributed by atoms with Crippen LogP contribution < -0.4 is 5.43 Å². The molecule has 118 valence electrons. The van der Waals surface area contributed by atoms with Gasteiger partial charge in [-0.05, 0) is 28.8 Å². The van der Waals surface area contributed by atoms with Crippen LogP contribution in [-0.4, -0.2) is 17.3 Å². The third-order valence-corrected chi connectivity index (χ3v) is 3.57. The summed E-state index contributed by atoms with van der Waals surface area (Å²) in [4.78, 5) is 11.1. The van der Waals surface area contributed by atoms with Gasteiger partial charge in [-0.15, -0.1) is 0 Å². The van der Waals surface area contributed by atoms with E-state index in [4.69, 9.17) is 5.11 Å². The first-order chi connectivity index (χ1) is 11.7. The molecule has 0 amide bonds. The molecule has 0 aliphatic rings. The summed E-state index contributed by atoms with van der Waals surface area (Å²) in [5.41, 5.74) is 6.65. The van der Waals surface area contributed by atoms with E-state index in [1.165, 1.54) is 6.07 Å². The van der Waals surface area contributed by atoms with Gasteiger partial charge in [-0.25, -0.2) is 4.79 Å². The van der Waals surface area contributed by atoms with E-state index >= 15 is 0 Å². The molecule has 0 heterocycles. The number of anilines is 1. The molecule has 24 heavy (non-hydrogen) atoms. The number of nitrogens with one attached hydrogen (secondary N) is 1. The Kier molecular flexibility index (Phi) is 4.68. The van der Waals surface area contributed by atoms with E-state index in [9.17, 15) is 4.79 Å². The Morgan fingerprint density at radius 2 is 1.46 bits per heavy atom. The Morgan fingerprint density at radius 3 is 2.17 bits per heavy atom. The average molecular weight is 316 g/mol. The quantitative estimate of drug-likeness (QED) is 0.538. The smallest absolute Gasteiger partial charge is 0.337 e. The molecule has 0 spiro atoms. The molecule has 0 radical (unpaired) electrons. The standard InChI is InChI=1S/C20H16N2O2/c23-20(24)18-8-4-5-9-19(18)22-21-14-15-10-12-17(13-11-15)16-6-2-1-3-7-16/h1-14,22H,(H,23,24). The number of nitrogens with zero attached hydrogens (tertiary/aromatic N) is 1. The lowest BCUT2D eigenvalue weighted by molar-refractivity contribution is 0.0698. The summed E-state index contributed by atoms with van der Waals surface area (Å²) in [6.45, 7) is 0. The molecule has 0 unspecified atom stereocenters. The molecule has 0 aliphatic carbocycles. The van der Waals surface area contributed by atoms with Gasteiger partial charge in [0.25, 0.3) is 0 Å². The van der Waals surface area contributed by atoms with Crippen LogP contribution in [0, 0.1) is 0 Å². The second kappa shape index (κ2) is 7.24. The molecule has 0 saturated heterocycles. The second-order valence-corrected chi connectivity index (χ2v) is 5.21. The van der Waals surface area contributed by atoms with Crippen LogP contribution in [0.25, 0.3) is 11.1 Å². The molecule has 3 aromatic rings. The number of para-hydroxylation sites is 1. The van der Waals surface area contributed by atoms with E-state index in [0.29, 0.717) is 5.69 Å². The lowest BCUT2D eigenvalue weighted by atomic mass is 10.0. The Hall–Kier alpha value is -3.40. The number of hydrogen-bond donors (Lipinski definition) is 2. The lowest BCUT2D eigenvalue weighted by Crippen LogP contribution is -2.02. The van der Waals surface area contributed by atoms with Crippen molar-refractivity contribution in [3.8, 4) is 11.1 Å². The fraction of sp³-hybridized carbons (Fsp3) is 0. The van der Waals surface area contributed by atoms with Crippen molar-refractivity contribution in [3.05, 3.63) is 90.0 Å². The Balaban J connectivity index is 1.71. The summed E-state index contributed by atoms with van der Waals surface area (Å²) in [6.07, 6.45) is 1.66. The van der Waals surface area contributed by atoms with Gasteiger partial charge in [-0.3, -0.25) is 5.43 Å². The van der Waals surface area contributed by atoms with Crippen molar-refractivity contribution in [3.63, 3.8) is 0 Å². The highest BCUT2D eigenvalue weighted by molar-refractivity contribution is 5.94. The molecule has 0 aliphatic heterocycles. The van der Waals surface area contributed by atoms with Gasteiger partial charge in [0, 0.05) is 0 Å². The van der Waals surface area contributed by atoms with Gasteiger partial charge in [0.05, 0.1) is 17.5 Å². The van der Waals surface area contributed by atoms with Crippen molar-refractivity contribution in [2.24, 2.45) is 5.10 Å². The number of carboxylic acids is 1. The maximum Gasteiger partial charge on any atom is 0.337 e. The van der Waals surface area contributed by atoms with E-state index < -0.39 is 5.97 Å². The largest absolute Gasteiger partial charge is 0.478 e. The van der Waals surface area contributed by atoms with Crippen LogP contribution in [0.3, 0.4) is 0 Å². The highest BCUT2D eigenvalue weighted by Gasteiger charge is 2.07. The van der Waals surface area contributed by atoms with Crippen LogP contribution in [-0.2, 0) is 0 Å². The van der Waals surface area contributed by atoms with E-state index in [2.05, 4.69) is 22.7 Å². The van der Waals surface area contributed by atoms with Crippen molar-refractivity contribution < 1.29 is 9.90 Å². The van der Waals surface area contributed by atoms with Gasteiger partial charge >= 0.3 is 5.97 Å². The summed E-state index contributed by atoms with van der Waals surface area (Å²) in [5.74, 6) is -0.986. The number of carboxylic acid groups (broad SMARTS) is 1. The summed E-state index contributed by atoms with van der Waals surface area (Å²) >= 11 is 0. The van der Waals surface area contributed by atoms with Crippen LogP contribution >= 0.6 is 0 Å². The summed E-state index contributed by atoms with van der Waals surface area (Å²) < 4.78 is 0. The Bertz CT molecular complexity index is 856. The molecule has 0 saturated carbocycles. The van der Waals surface area contributed by atoms with E-state index in [1.807, 2.05) is 42.5 Å². The first kappa shape index (κ1) is 15.5. The lowest BCUT2D eigenvalue weighted by Gasteiger charge is -2.04. The SMILES string of the molecule is O=C(O)c1ccccc1NN=Cc1ccc(-c2ccccc2)cc1. The number of hydrazone groups is 1. The number of aromatic carboxylic acids is 1. The fourth-order valence-corrected chi connectivity index (χ4v) is 2.34. The van der Waals surface area contributed by atoms with Crippen LogP contribution in [0.1, 0.15) is 15.9 Å². The van der Waals surface area contributed by atoms with Crippen LogP contribution in [0.2, 0.25) is 0 Å². The zero-order valence-corrected chi connectivity index (χ0v) is 12.9. The molecular formula is C20H16N2O2. The maximum atomic E-state index is 11.1. The summed E-state index contributed by atoms with van der Waals surface area (Å²) in [6, 6.07) is 24.8. The van der Waals surface area contributed by atoms with Crippen molar-refractivity contribution in [1.82, 2.24) is 0 Å². The molecular weight excluding hydrogens is 300 g/mol. The minimum absolute atomic E-state index is 0.189. The van der Waals surface area contributed by atoms with Gasteiger partial charge in [0.1, 0.15) is 0 Å². The second-order valence-electron chi connectivity index (χ2n) is 5.21. The number of benzene rings is 3. The molecule has 4 heteroatoms. The number of carbonyl (C=O) groups is 1. The topological polar surface area (TPSA) is 61.7 Å². The van der Waals surface area contributed by atoms with Crippen molar-refractivity contribution in [2.75, 3.05) is 5.43 Å². The van der Waals surface area contributed by atoms with Gasteiger partial charge in [-0.2, -0.15) is 5.10 Å². The normalized spacial score (nSPS) is 10.7. The Morgan fingerprint density at radius 1 is 0.833 bits per heavy atom. The number of hydrogen-bond acceptors (Lipinski definition) is 3. The number of rotatable bonds is 5. The van der Waals surface area contributed by atoms with Crippen LogP contribution in [0.4, 0.5) is 5.69 Å². The monoisotopic (exact) mass is 316 g/mol. The van der Waals surface area contributed by atoms with Crippen LogP contribution in [0.15, 0.2) is 84.0 Å². The molecule has 3 aromatic carbocycles. The molecule has 2 N–H and O–H groups in total.